The molecule has 7 rings (SSSR count). The third-order valence-electron chi connectivity index (χ3n) is 12.6. The third-order valence-corrected chi connectivity index (χ3v) is 12.6. The molecule has 316 valence electrons. The number of carbonyl (C=O) groups excluding carboxylic acids is 2. The molecule has 6 aromatic rings. The monoisotopic (exact) mass is 808 g/mol. The predicted octanol–water partition coefficient (Wildman–Crippen LogP) is 11.6. The van der Waals surface area contributed by atoms with E-state index in [4.69, 9.17) is 0 Å². The molecule has 0 spiro atoms. The highest BCUT2D eigenvalue weighted by Crippen LogP contribution is 2.56. The highest BCUT2D eigenvalue weighted by Gasteiger charge is 2.53. The molecule has 6 aromatic carbocycles. The first kappa shape index (κ1) is 42.9. The summed E-state index contributed by atoms with van der Waals surface area (Å²) in [6.07, 6.45) is 6.30. The van der Waals surface area contributed by atoms with Crippen LogP contribution in [0.1, 0.15) is 116 Å². The standard InChI is InChI=1S/C52H64N4O4/c1-7-11-23-55(24-12-8-2)45-31-43(53-33(5)57)47(41-29-37-21-17-15-19-35(37)27-39(41)45)49-51(59)50(52(49)60)48-42-30-38-22-18-16-20-36(38)28-40(42)46(32-44(48)54-34(6)58)56(25-13-9-3)26-14-10-4/h15-22,27-32,49-52,59-60H,7-14,23-26H2,1-6H3,(H,53,57)(H,54,58). The molecule has 1 saturated carbocycles. The second-order valence-electron chi connectivity index (χ2n) is 17.0. The Balaban J connectivity index is 1.45. The van der Waals surface area contributed by atoms with E-state index in [-0.39, 0.29) is 11.8 Å². The first-order valence-electron chi connectivity index (χ1n) is 22.5. The number of amides is 2. The molecule has 4 N–H and O–H groups in total. The Morgan fingerprint density at radius 1 is 0.500 bits per heavy atom. The maximum absolute atomic E-state index is 13.0. The minimum Gasteiger partial charge on any atom is -0.392 e. The molecule has 0 radical (unpaired) electrons. The van der Waals surface area contributed by atoms with Crippen LogP contribution in [0.15, 0.2) is 84.9 Å². The summed E-state index contributed by atoms with van der Waals surface area (Å²) < 4.78 is 0. The lowest BCUT2D eigenvalue weighted by Crippen LogP contribution is -2.52. The minimum absolute atomic E-state index is 0.215. The normalized spacial score (nSPS) is 17.6. The molecule has 0 saturated heterocycles. The van der Waals surface area contributed by atoms with Gasteiger partial charge in [-0.15, -0.1) is 0 Å². The van der Waals surface area contributed by atoms with E-state index in [2.05, 4.69) is 121 Å². The predicted molar refractivity (Wildman–Crippen MR) is 253 cm³/mol. The summed E-state index contributed by atoms with van der Waals surface area (Å²) in [7, 11) is 0. The van der Waals surface area contributed by atoms with Crippen molar-refractivity contribution in [3.05, 3.63) is 96.1 Å². The number of rotatable bonds is 18. The number of carbonyl (C=O) groups is 2. The van der Waals surface area contributed by atoms with Gasteiger partial charge in [0.2, 0.25) is 11.8 Å². The molecule has 1 aliphatic carbocycles. The molecule has 0 bridgehead atoms. The molecule has 0 unspecified atom stereocenters. The number of benzene rings is 6. The topological polar surface area (TPSA) is 105 Å². The second-order valence-corrected chi connectivity index (χ2v) is 17.0. The largest absolute Gasteiger partial charge is 0.392 e. The zero-order valence-electron chi connectivity index (χ0n) is 36.5. The van der Waals surface area contributed by atoms with Crippen molar-refractivity contribution in [3.63, 3.8) is 0 Å². The first-order chi connectivity index (χ1) is 29.1. The number of hydrogen-bond donors (Lipinski definition) is 4. The van der Waals surface area contributed by atoms with Crippen LogP contribution in [-0.4, -0.2) is 60.4 Å². The Morgan fingerprint density at radius 2 is 0.800 bits per heavy atom. The molecule has 2 amide bonds. The molecule has 1 aliphatic rings. The van der Waals surface area contributed by atoms with Gasteiger partial charge >= 0.3 is 0 Å². The Kier molecular flexibility index (Phi) is 13.6. The molecule has 0 heterocycles. The van der Waals surface area contributed by atoms with E-state index in [1.54, 1.807) is 0 Å². The average molecular weight is 809 g/mol. The van der Waals surface area contributed by atoms with Crippen molar-refractivity contribution >= 4 is 77.7 Å². The zero-order chi connectivity index (χ0) is 42.5. The van der Waals surface area contributed by atoms with Gasteiger partial charge in [-0.25, -0.2) is 0 Å². The summed E-state index contributed by atoms with van der Waals surface area (Å²) >= 11 is 0. The molecular weight excluding hydrogens is 745 g/mol. The van der Waals surface area contributed by atoms with E-state index in [1.807, 2.05) is 12.1 Å². The number of anilines is 4. The van der Waals surface area contributed by atoms with Crippen molar-refractivity contribution in [2.45, 2.75) is 117 Å². The summed E-state index contributed by atoms with van der Waals surface area (Å²) in [4.78, 5) is 31.0. The number of unbranched alkanes of at least 4 members (excludes halogenated alkanes) is 4. The molecule has 1 fully saturated rings. The fourth-order valence-corrected chi connectivity index (χ4v) is 9.54. The van der Waals surface area contributed by atoms with E-state index in [0.717, 1.165) is 143 Å². The smallest absolute Gasteiger partial charge is 0.221 e. The Hall–Kier alpha value is -5.18. The molecule has 0 aliphatic heterocycles. The molecule has 8 nitrogen and oxygen atoms in total. The van der Waals surface area contributed by atoms with E-state index in [0.29, 0.717) is 11.4 Å². The van der Waals surface area contributed by atoms with Gasteiger partial charge in [0, 0.05) is 85.4 Å². The van der Waals surface area contributed by atoms with Gasteiger partial charge in [0.15, 0.2) is 0 Å². The maximum Gasteiger partial charge on any atom is 0.221 e. The number of hydrogen-bond acceptors (Lipinski definition) is 6. The van der Waals surface area contributed by atoms with Crippen LogP contribution in [-0.2, 0) is 9.59 Å². The van der Waals surface area contributed by atoms with Crippen LogP contribution in [0.2, 0.25) is 0 Å². The number of fused-ring (bicyclic) bond motifs is 4. The Labute approximate surface area is 355 Å². The van der Waals surface area contributed by atoms with Crippen LogP contribution in [0.5, 0.6) is 0 Å². The molecule has 0 atom stereocenters. The van der Waals surface area contributed by atoms with Crippen LogP contribution in [0.4, 0.5) is 22.7 Å². The SMILES string of the molecule is CCCCN(CCCC)c1cc(NC(C)=O)c(C2C(O)C(c3c(NC(C)=O)cc(N(CCCC)CCCC)c4cc5ccccc5cc34)C2O)c2cc3ccccc3cc12. The van der Waals surface area contributed by atoms with Crippen molar-refractivity contribution < 1.29 is 19.8 Å². The fourth-order valence-electron chi connectivity index (χ4n) is 9.54. The summed E-state index contributed by atoms with van der Waals surface area (Å²) in [5.74, 6) is -1.87. The first-order valence-corrected chi connectivity index (χ1v) is 22.5. The summed E-state index contributed by atoms with van der Waals surface area (Å²) in [6.45, 7) is 15.4. The van der Waals surface area contributed by atoms with Crippen LogP contribution in [0.3, 0.4) is 0 Å². The lowest BCUT2D eigenvalue weighted by atomic mass is 9.61. The summed E-state index contributed by atoms with van der Waals surface area (Å²) in [6, 6.07) is 29.5. The lowest BCUT2D eigenvalue weighted by Gasteiger charge is -2.49. The van der Waals surface area contributed by atoms with Crippen LogP contribution in [0.25, 0.3) is 43.1 Å². The van der Waals surface area contributed by atoms with E-state index in [9.17, 15) is 19.8 Å². The van der Waals surface area contributed by atoms with Gasteiger partial charge in [0.25, 0.3) is 0 Å². The number of nitrogens with zero attached hydrogens (tertiary/aromatic N) is 2. The van der Waals surface area contributed by atoms with Crippen molar-refractivity contribution in [1.29, 1.82) is 0 Å². The highest BCUT2D eigenvalue weighted by molar-refractivity contribution is 6.11. The van der Waals surface area contributed by atoms with Crippen molar-refractivity contribution in [2.75, 3.05) is 46.6 Å². The van der Waals surface area contributed by atoms with Crippen molar-refractivity contribution in [2.24, 2.45) is 0 Å². The number of aliphatic hydroxyl groups excluding tert-OH is 2. The van der Waals surface area contributed by atoms with Gasteiger partial charge in [-0.05, 0) is 106 Å². The number of aliphatic hydroxyl groups is 2. The van der Waals surface area contributed by atoms with Gasteiger partial charge < -0.3 is 30.6 Å². The molecule has 8 heteroatoms. The Morgan fingerprint density at radius 3 is 1.08 bits per heavy atom. The zero-order valence-corrected chi connectivity index (χ0v) is 36.5. The van der Waals surface area contributed by atoms with Crippen molar-refractivity contribution in [1.82, 2.24) is 0 Å². The van der Waals surface area contributed by atoms with E-state index in [1.165, 1.54) is 13.8 Å². The van der Waals surface area contributed by atoms with Crippen LogP contribution >= 0.6 is 0 Å². The third kappa shape index (κ3) is 8.55. The van der Waals surface area contributed by atoms with Gasteiger partial charge in [0.1, 0.15) is 0 Å². The van der Waals surface area contributed by atoms with Crippen molar-refractivity contribution in [3.8, 4) is 0 Å². The van der Waals surface area contributed by atoms with Gasteiger partial charge in [-0.2, -0.15) is 0 Å². The quantitative estimate of drug-likeness (QED) is 0.0645. The van der Waals surface area contributed by atoms with Crippen LogP contribution in [0, 0.1) is 0 Å². The van der Waals surface area contributed by atoms with Crippen LogP contribution < -0.4 is 20.4 Å². The lowest BCUT2D eigenvalue weighted by molar-refractivity contribution is -0.115. The minimum atomic E-state index is -1.03. The second kappa shape index (κ2) is 19.0. The molecule has 0 aromatic heterocycles. The van der Waals surface area contributed by atoms with Gasteiger partial charge in [-0.1, -0.05) is 102 Å². The van der Waals surface area contributed by atoms with Gasteiger partial charge in [-0.3, -0.25) is 9.59 Å². The fraction of sp³-hybridized carbons (Fsp3) is 0.423. The van der Waals surface area contributed by atoms with E-state index >= 15 is 0 Å². The summed E-state index contributed by atoms with van der Waals surface area (Å²) in [5, 5.41) is 39.9. The highest BCUT2D eigenvalue weighted by atomic mass is 16.3. The average Bonchev–Trinajstić information content (AvgIpc) is 3.24. The van der Waals surface area contributed by atoms with Gasteiger partial charge in [0.05, 0.1) is 12.2 Å². The molecular formula is C52H64N4O4. The maximum atomic E-state index is 13.0. The van der Waals surface area contributed by atoms with E-state index < -0.39 is 24.0 Å². The summed E-state index contributed by atoms with van der Waals surface area (Å²) in [5.41, 5.74) is 4.76. The molecule has 60 heavy (non-hydrogen) atoms. The Bertz CT molecular complexity index is 2300. The number of nitrogens with one attached hydrogen (secondary N) is 2.